The van der Waals surface area contributed by atoms with E-state index in [2.05, 4.69) is 10.5 Å². The molecule has 152 valence electrons. The smallest absolute Gasteiger partial charge is 0.408 e. The minimum absolute atomic E-state index is 0.0676. The van der Waals surface area contributed by atoms with Crippen molar-refractivity contribution < 1.29 is 18.5 Å². The molecule has 0 atom stereocenters. The number of aromatic nitrogens is 2. The van der Waals surface area contributed by atoms with Gasteiger partial charge in [-0.15, -0.1) is 0 Å². The first-order valence-corrected chi connectivity index (χ1v) is 9.31. The minimum Gasteiger partial charge on any atom is -0.408 e. The largest absolute Gasteiger partial charge is 0.420 e. The van der Waals surface area contributed by atoms with Crippen molar-refractivity contribution in [2.75, 3.05) is 38.0 Å². The second-order valence-corrected chi connectivity index (χ2v) is 6.95. The van der Waals surface area contributed by atoms with E-state index in [9.17, 15) is 14.4 Å². The molecule has 0 saturated carbocycles. The lowest BCUT2D eigenvalue weighted by Crippen LogP contribution is -2.51. The number of rotatable bonds is 5. The molecule has 2 amide bonds. The number of carbonyl (C=O) groups excluding carboxylic acids is 2. The number of carbonyl (C=O) groups is 2. The van der Waals surface area contributed by atoms with Gasteiger partial charge < -0.3 is 19.2 Å². The Morgan fingerprint density at radius 1 is 1.14 bits per heavy atom. The van der Waals surface area contributed by atoms with Crippen LogP contribution in [0.2, 0.25) is 0 Å². The average molecular weight is 399 g/mol. The molecule has 1 aliphatic heterocycles. The van der Waals surface area contributed by atoms with E-state index < -0.39 is 5.76 Å². The van der Waals surface area contributed by atoms with Crippen LogP contribution in [0, 0.1) is 6.92 Å². The maximum Gasteiger partial charge on any atom is 0.420 e. The van der Waals surface area contributed by atoms with E-state index >= 15 is 0 Å². The number of nitrogens with one attached hydrogen (secondary N) is 1. The van der Waals surface area contributed by atoms with Gasteiger partial charge in [-0.2, -0.15) is 0 Å². The van der Waals surface area contributed by atoms with E-state index in [-0.39, 0.29) is 24.9 Å². The number of hydrogen-bond acceptors (Lipinski definition) is 7. The Kier molecular flexibility index (Phi) is 5.17. The fourth-order valence-corrected chi connectivity index (χ4v) is 3.37. The SMILES string of the molecule is Cc1cc(NC(=O)CN2CCN(C(=O)Cn3c(=O)oc4ccccc43)CC2)no1. The van der Waals surface area contributed by atoms with Crippen molar-refractivity contribution in [2.45, 2.75) is 13.5 Å². The molecule has 0 radical (unpaired) electrons. The second-order valence-electron chi connectivity index (χ2n) is 6.95. The van der Waals surface area contributed by atoms with Gasteiger partial charge >= 0.3 is 5.76 Å². The number of aryl methyl sites for hydroxylation is 1. The quantitative estimate of drug-likeness (QED) is 0.671. The molecule has 1 fully saturated rings. The van der Waals surface area contributed by atoms with E-state index in [1.165, 1.54) is 4.57 Å². The van der Waals surface area contributed by atoms with Crippen LogP contribution < -0.4 is 11.1 Å². The number of amides is 2. The van der Waals surface area contributed by atoms with Gasteiger partial charge in [-0.1, -0.05) is 17.3 Å². The number of nitrogens with zero attached hydrogens (tertiary/aromatic N) is 4. The van der Waals surface area contributed by atoms with Gasteiger partial charge in [0.15, 0.2) is 11.4 Å². The molecule has 0 aliphatic carbocycles. The zero-order valence-electron chi connectivity index (χ0n) is 16.0. The van der Waals surface area contributed by atoms with Crippen molar-refractivity contribution in [2.24, 2.45) is 0 Å². The molecule has 1 aliphatic rings. The summed E-state index contributed by atoms with van der Waals surface area (Å²) in [6.07, 6.45) is 0. The Labute approximate surface area is 165 Å². The van der Waals surface area contributed by atoms with Crippen LogP contribution in [0.4, 0.5) is 5.82 Å². The monoisotopic (exact) mass is 399 g/mol. The number of benzene rings is 1. The highest BCUT2D eigenvalue weighted by Crippen LogP contribution is 2.13. The van der Waals surface area contributed by atoms with Crippen LogP contribution in [0.3, 0.4) is 0 Å². The van der Waals surface area contributed by atoms with Crippen molar-refractivity contribution in [1.82, 2.24) is 19.5 Å². The fourth-order valence-electron chi connectivity index (χ4n) is 3.37. The molecule has 2 aromatic heterocycles. The topological polar surface area (TPSA) is 114 Å². The number of hydrogen-bond donors (Lipinski definition) is 1. The lowest BCUT2D eigenvalue weighted by atomic mass is 10.3. The second kappa shape index (κ2) is 7.92. The molecular formula is C19H21N5O5. The normalized spacial score (nSPS) is 15.0. The number of para-hydroxylation sites is 2. The van der Waals surface area contributed by atoms with Crippen LogP contribution in [0.1, 0.15) is 5.76 Å². The zero-order chi connectivity index (χ0) is 20.4. The maximum absolute atomic E-state index is 12.6. The molecule has 10 heteroatoms. The third-order valence-corrected chi connectivity index (χ3v) is 4.85. The summed E-state index contributed by atoms with van der Waals surface area (Å²) < 4.78 is 11.4. The molecule has 1 saturated heterocycles. The highest BCUT2D eigenvalue weighted by molar-refractivity contribution is 5.91. The summed E-state index contributed by atoms with van der Waals surface area (Å²) in [6, 6.07) is 8.66. The number of oxazole rings is 1. The van der Waals surface area contributed by atoms with Crippen LogP contribution in [-0.2, 0) is 16.1 Å². The average Bonchev–Trinajstić information content (AvgIpc) is 3.25. The van der Waals surface area contributed by atoms with Crippen molar-refractivity contribution in [3.63, 3.8) is 0 Å². The Morgan fingerprint density at radius 2 is 1.90 bits per heavy atom. The first kappa shape index (κ1) is 18.9. The molecule has 1 N–H and O–H groups in total. The maximum atomic E-state index is 12.6. The van der Waals surface area contributed by atoms with Gasteiger partial charge in [0.25, 0.3) is 0 Å². The highest BCUT2D eigenvalue weighted by atomic mass is 16.5. The predicted molar refractivity (Wildman–Crippen MR) is 103 cm³/mol. The van der Waals surface area contributed by atoms with Crippen molar-refractivity contribution >= 4 is 28.7 Å². The molecule has 4 rings (SSSR count). The van der Waals surface area contributed by atoms with Crippen LogP contribution in [0.5, 0.6) is 0 Å². The summed E-state index contributed by atoms with van der Waals surface area (Å²) in [6.45, 7) is 4.00. The van der Waals surface area contributed by atoms with Gasteiger partial charge in [-0.25, -0.2) is 4.79 Å². The number of fused-ring (bicyclic) bond motifs is 1. The van der Waals surface area contributed by atoms with E-state index in [4.69, 9.17) is 8.94 Å². The summed E-state index contributed by atoms with van der Waals surface area (Å²) in [7, 11) is 0. The minimum atomic E-state index is -0.544. The number of piperazine rings is 1. The summed E-state index contributed by atoms with van der Waals surface area (Å²) in [5.74, 6) is 0.129. The molecule has 29 heavy (non-hydrogen) atoms. The van der Waals surface area contributed by atoms with Gasteiger partial charge in [0.05, 0.1) is 12.1 Å². The summed E-state index contributed by atoms with van der Waals surface area (Å²) in [5.41, 5.74) is 1.06. The predicted octanol–water partition coefficient (Wildman–Crippen LogP) is 0.674. The zero-order valence-corrected chi connectivity index (χ0v) is 16.0. The van der Waals surface area contributed by atoms with Crippen LogP contribution >= 0.6 is 0 Å². The van der Waals surface area contributed by atoms with Crippen LogP contribution in [0.15, 0.2) is 44.1 Å². The lowest BCUT2D eigenvalue weighted by molar-refractivity contribution is -0.133. The third-order valence-electron chi connectivity index (χ3n) is 4.85. The number of anilines is 1. The van der Waals surface area contributed by atoms with Crippen molar-refractivity contribution in [3.8, 4) is 0 Å². The van der Waals surface area contributed by atoms with Gasteiger partial charge in [0, 0.05) is 32.2 Å². The summed E-state index contributed by atoms with van der Waals surface area (Å²) in [5, 5.41) is 6.42. The van der Waals surface area contributed by atoms with E-state index in [1.54, 1.807) is 42.2 Å². The fraction of sp³-hybridized carbons (Fsp3) is 0.368. The Morgan fingerprint density at radius 3 is 2.62 bits per heavy atom. The van der Waals surface area contributed by atoms with Gasteiger partial charge in [-0.3, -0.25) is 19.1 Å². The molecule has 3 aromatic rings. The van der Waals surface area contributed by atoms with Crippen molar-refractivity contribution in [3.05, 3.63) is 46.6 Å². The van der Waals surface area contributed by atoms with E-state index in [0.29, 0.717) is 48.9 Å². The molecule has 0 bridgehead atoms. The Bertz CT molecular complexity index is 1090. The molecule has 3 heterocycles. The van der Waals surface area contributed by atoms with Crippen LogP contribution in [-0.4, -0.2) is 64.1 Å². The van der Waals surface area contributed by atoms with Gasteiger partial charge in [0.2, 0.25) is 11.8 Å². The van der Waals surface area contributed by atoms with E-state index in [1.807, 2.05) is 4.90 Å². The Balaban J connectivity index is 1.30. The van der Waals surface area contributed by atoms with Gasteiger partial charge in [-0.05, 0) is 19.1 Å². The van der Waals surface area contributed by atoms with Gasteiger partial charge in [0.1, 0.15) is 12.3 Å². The molecule has 0 unspecified atom stereocenters. The first-order chi connectivity index (χ1) is 14.0. The van der Waals surface area contributed by atoms with Crippen molar-refractivity contribution in [1.29, 1.82) is 0 Å². The molecule has 1 aromatic carbocycles. The third kappa shape index (κ3) is 4.21. The Hall–Kier alpha value is -3.40. The molecular weight excluding hydrogens is 378 g/mol. The standard InChI is InChI=1S/C19H21N5O5/c1-13-10-16(21-29-13)20-17(25)11-22-6-8-23(9-7-22)18(26)12-24-14-4-2-3-5-15(14)28-19(24)27/h2-5,10H,6-9,11-12H2,1H3,(H,20,21,25). The molecule has 10 nitrogen and oxygen atoms in total. The summed E-state index contributed by atoms with van der Waals surface area (Å²) in [4.78, 5) is 40.5. The van der Waals surface area contributed by atoms with Crippen LogP contribution in [0.25, 0.3) is 11.1 Å². The van der Waals surface area contributed by atoms with E-state index in [0.717, 1.165) is 0 Å². The highest BCUT2D eigenvalue weighted by Gasteiger charge is 2.24. The molecule has 0 spiro atoms. The summed E-state index contributed by atoms with van der Waals surface area (Å²) >= 11 is 0. The lowest BCUT2D eigenvalue weighted by Gasteiger charge is -2.34. The first-order valence-electron chi connectivity index (χ1n) is 9.31.